The van der Waals surface area contributed by atoms with E-state index in [1.54, 1.807) is 12.1 Å². The molecule has 0 radical (unpaired) electrons. The number of rotatable bonds is 5. The predicted octanol–water partition coefficient (Wildman–Crippen LogP) is 1.77. The van der Waals surface area contributed by atoms with Crippen molar-refractivity contribution in [2.45, 2.75) is 31.9 Å². The van der Waals surface area contributed by atoms with Gasteiger partial charge in [0, 0.05) is 0 Å². The van der Waals surface area contributed by atoms with Crippen LogP contribution in [0.1, 0.15) is 31.4 Å². The minimum atomic E-state index is -0.276. The number of halogens is 1. The summed E-state index contributed by atoms with van der Waals surface area (Å²) in [5, 5.41) is 6.10. The van der Waals surface area contributed by atoms with Gasteiger partial charge in [0.05, 0.1) is 12.1 Å². The summed E-state index contributed by atoms with van der Waals surface area (Å²) in [6, 6.07) is 5.98. The summed E-state index contributed by atoms with van der Waals surface area (Å²) in [5.41, 5.74) is 0.876. The highest BCUT2D eigenvalue weighted by atomic mass is 19.1. The summed E-state index contributed by atoms with van der Waals surface area (Å²) >= 11 is 0. The van der Waals surface area contributed by atoms with Crippen molar-refractivity contribution >= 4 is 5.91 Å². The molecule has 1 fully saturated rings. The van der Waals surface area contributed by atoms with Gasteiger partial charge in [0.1, 0.15) is 12.4 Å². The third-order valence-corrected chi connectivity index (χ3v) is 3.48. The third-order valence-electron chi connectivity index (χ3n) is 3.48. The van der Waals surface area contributed by atoms with Crippen molar-refractivity contribution in [3.8, 4) is 0 Å². The van der Waals surface area contributed by atoms with Gasteiger partial charge in [0.15, 0.2) is 0 Å². The van der Waals surface area contributed by atoms with Crippen LogP contribution in [0.5, 0.6) is 0 Å². The minimum absolute atomic E-state index is 0.0796. The molecule has 0 bridgehead atoms. The molecule has 1 aromatic carbocycles. The number of amides is 1. The topological polar surface area (TPSA) is 50.4 Å². The average molecular weight is 280 g/mol. The van der Waals surface area contributed by atoms with Crippen LogP contribution < -0.4 is 10.6 Å². The number of ether oxygens (including phenoxy) is 1. The van der Waals surface area contributed by atoms with Gasteiger partial charge in [-0.15, -0.1) is 0 Å². The van der Waals surface area contributed by atoms with E-state index < -0.39 is 0 Å². The largest absolute Gasteiger partial charge is 0.368 e. The lowest BCUT2D eigenvalue weighted by Gasteiger charge is -2.23. The fourth-order valence-electron chi connectivity index (χ4n) is 2.27. The van der Waals surface area contributed by atoms with Crippen LogP contribution in [0.2, 0.25) is 0 Å². The molecule has 2 rings (SSSR count). The smallest absolute Gasteiger partial charge is 0.246 e. The van der Waals surface area contributed by atoms with Gasteiger partial charge in [0.2, 0.25) is 5.91 Å². The van der Waals surface area contributed by atoms with E-state index in [2.05, 4.69) is 10.6 Å². The van der Waals surface area contributed by atoms with Crippen LogP contribution in [0.4, 0.5) is 4.39 Å². The summed E-state index contributed by atoms with van der Waals surface area (Å²) in [5.74, 6) is -0.415. The van der Waals surface area contributed by atoms with Gasteiger partial charge in [-0.25, -0.2) is 4.39 Å². The predicted molar refractivity (Wildman–Crippen MR) is 74.8 cm³/mol. The van der Waals surface area contributed by atoms with Crippen molar-refractivity contribution in [2.75, 3.05) is 19.7 Å². The molecule has 1 heterocycles. The molecular formula is C15H21FN2O2. The van der Waals surface area contributed by atoms with Crippen LogP contribution in [0.25, 0.3) is 0 Å². The highest BCUT2D eigenvalue weighted by Crippen LogP contribution is 2.13. The number of carbonyl (C=O) groups is 1. The number of nitrogens with one attached hydrogen (secondary N) is 2. The molecule has 0 saturated carbocycles. The zero-order valence-corrected chi connectivity index (χ0v) is 11.7. The first-order chi connectivity index (χ1) is 9.65. The summed E-state index contributed by atoms with van der Waals surface area (Å²) in [6.45, 7) is 3.84. The van der Waals surface area contributed by atoms with Gasteiger partial charge in [-0.05, 0) is 50.6 Å². The molecule has 1 atom stereocenters. The Bertz CT molecular complexity index is 430. The lowest BCUT2D eigenvalue weighted by molar-refractivity contribution is -0.128. The van der Waals surface area contributed by atoms with Crippen molar-refractivity contribution in [2.24, 2.45) is 0 Å². The Morgan fingerprint density at radius 1 is 1.40 bits per heavy atom. The first-order valence-electron chi connectivity index (χ1n) is 7.02. The van der Waals surface area contributed by atoms with Crippen molar-refractivity contribution in [1.29, 1.82) is 0 Å². The number of carbonyl (C=O) groups excluding carboxylic acids is 1. The number of piperidine rings is 1. The molecule has 0 unspecified atom stereocenters. The molecule has 4 nitrogen and oxygen atoms in total. The third kappa shape index (κ3) is 4.58. The maximum absolute atomic E-state index is 12.8. The second-order valence-electron chi connectivity index (χ2n) is 5.10. The second-order valence-corrected chi connectivity index (χ2v) is 5.10. The Hall–Kier alpha value is -1.46. The number of hydrogen-bond donors (Lipinski definition) is 2. The summed E-state index contributed by atoms with van der Waals surface area (Å²) in [7, 11) is 0. The SMILES string of the molecule is C[C@@H](NC(=O)COC1CCNCC1)c1ccc(F)cc1. The normalized spacial score (nSPS) is 17.7. The molecule has 1 saturated heterocycles. The van der Waals surface area contributed by atoms with Gasteiger partial charge < -0.3 is 15.4 Å². The molecule has 0 aromatic heterocycles. The van der Waals surface area contributed by atoms with Crippen LogP contribution in [0.15, 0.2) is 24.3 Å². The standard InChI is InChI=1S/C15H21FN2O2/c1-11(12-2-4-13(16)5-3-12)18-15(19)10-20-14-6-8-17-9-7-14/h2-5,11,14,17H,6-10H2,1H3,(H,18,19)/t11-/m1/s1. The molecule has 1 aromatic rings. The average Bonchev–Trinajstić information content (AvgIpc) is 2.47. The summed E-state index contributed by atoms with van der Waals surface area (Å²) < 4.78 is 18.4. The van der Waals surface area contributed by atoms with Gasteiger partial charge in [0.25, 0.3) is 0 Å². The van der Waals surface area contributed by atoms with E-state index in [0.29, 0.717) is 0 Å². The van der Waals surface area contributed by atoms with Gasteiger partial charge >= 0.3 is 0 Å². The molecule has 1 amide bonds. The quantitative estimate of drug-likeness (QED) is 0.864. The summed E-state index contributed by atoms with van der Waals surface area (Å²) in [4.78, 5) is 11.8. The minimum Gasteiger partial charge on any atom is -0.368 e. The molecule has 1 aliphatic heterocycles. The summed E-state index contributed by atoms with van der Waals surface area (Å²) in [6.07, 6.45) is 2.06. The van der Waals surface area contributed by atoms with Crippen LogP contribution in [0.3, 0.4) is 0 Å². The van der Waals surface area contributed by atoms with Crippen molar-refractivity contribution in [3.63, 3.8) is 0 Å². The van der Waals surface area contributed by atoms with E-state index in [1.165, 1.54) is 12.1 Å². The Morgan fingerprint density at radius 3 is 2.70 bits per heavy atom. The van der Waals surface area contributed by atoms with Gasteiger partial charge in [-0.2, -0.15) is 0 Å². The molecule has 5 heteroatoms. The van der Waals surface area contributed by atoms with E-state index in [1.807, 2.05) is 6.92 Å². The first kappa shape index (κ1) is 14.9. The molecule has 0 spiro atoms. The maximum atomic E-state index is 12.8. The Morgan fingerprint density at radius 2 is 2.05 bits per heavy atom. The molecule has 20 heavy (non-hydrogen) atoms. The second kappa shape index (κ2) is 7.36. The van der Waals surface area contributed by atoms with Crippen LogP contribution in [-0.2, 0) is 9.53 Å². The maximum Gasteiger partial charge on any atom is 0.246 e. The highest BCUT2D eigenvalue weighted by Gasteiger charge is 2.16. The van der Waals surface area contributed by atoms with Gasteiger partial charge in [-0.1, -0.05) is 12.1 Å². The lowest BCUT2D eigenvalue weighted by Crippen LogP contribution is -2.36. The monoisotopic (exact) mass is 280 g/mol. The van der Waals surface area contributed by atoms with Crippen molar-refractivity contribution in [1.82, 2.24) is 10.6 Å². The Labute approximate surface area is 118 Å². The van der Waals surface area contributed by atoms with E-state index >= 15 is 0 Å². The van der Waals surface area contributed by atoms with E-state index in [9.17, 15) is 9.18 Å². The number of benzene rings is 1. The Kier molecular flexibility index (Phi) is 5.49. The zero-order valence-electron chi connectivity index (χ0n) is 11.7. The van der Waals surface area contributed by atoms with Crippen LogP contribution in [0, 0.1) is 5.82 Å². The van der Waals surface area contributed by atoms with E-state index in [-0.39, 0.29) is 30.5 Å². The molecular weight excluding hydrogens is 259 g/mol. The first-order valence-corrected chi connectivity index (χ1v) is 7.02. The van der Waals surface area contributed by atoms with Crippen molar-refractivity contribution < 1.29 is 13.9 Å². The lowest BCUT2D eigenvalue weighted by atomic mass is 10.1. The zero-order chi connectivity index (χ0) is 14.4. The molecule has 110 valence electrons. The molecule has 0 aliphatic carbocycles. The van der Waals surface area contributed by atoms with E-state index in [0.717, 1.165) is 31.5 Å². The van der Waals surface area contributed by atoms with Crippen LogP contribution >= 0.6 is 0 Å². The fourth-order valence-corrected chi connectivity index (χ4v) is 2.27. The van der Waals surface area contributed by atoms with Crippen LogP contribution in [-0.4, -0.2) is 31.7 Å². The van der Waals surface area contributed by atoms with Crippen molar-refractivity contribution in [3.05, 3.63) is 35.6 Å². The Balaban J connectivity index is 1.74. The molecule has 1 aliphatic rings. The van der Waals surface area contributed by atoms with E-state index in [4.69, 9.17) is 4.74 Å². The fraction of sp³-hybridized carbons (Fsp3) is 0.533. The highest BCUT2D eigenvalue weighted by molar-refractivity contribution is 5.77. The molecule has 2 N–H and O–H groups in total. The number of hydrogen-bond acceptors (Lipinski definition) is 3. The van der Waals surface area contributed by atoms with Gasteiger partial charge in [-0.3, -0.25) is 4.79 Å².